The number of halogens is 2. The minimum atomic E-state index is -3.78. The van der Waals surface area contributed by atoms with Crippen LogP contribution in [0.1, 0.15) is 12.5 Å². The van der Waals surface area contributed by atoms with Gasteiger partial charge in [-0.2, -0.15) is 0 Å². The number of nitrogens with zero attached hydrogens (tertiary/aromatic N) is 1. The fourth-order valence-corrected chi connectivity index (χ4v) is 4.17. The largest absolute Gasteiger partial charge is 0.409 e. The van der Waals surface area contributed by atoms with E-state index >= 15 is 0 Å². The number of rotatable bonds is 4. The van der Waals surface area contributed by atoms with Crippen molar-refractivity contribution >= 4 is 47.7 Å². The van der Waals surface area contributed by atoms with Crippen LogP contribution in [0.5, 0.6) is 0 Å². The van der Waals surface area contributed by atoms with Gasteiger partial charge in [0.2, 0.25) is 10.0 Å². The van der Waals surface area contributed by atoms with Gasteiger partial charge >= 0.3 is 0 Å². The van der Waals surface area contributed by atoms with E-state index in [0.717, 1.165) is 5.56 Å². The van der Waals surface area contributed by atoms with Crippen LogP contribution in [0.2, 0.25) is 0 Å². The molecular weight excluding hydrogens is 402 g/mol. The molecule has 106 valence electrons. The van der Waals surface area contributed by atoms with Gasteiger partial charge in [-0.05, 0) is 47.5 Å². The van der Waals surface area contributed by atoms with Crippen molar-refractivity contribution in [2.45, 2.75) is 24.8 Å². The first kappa shape index (κ1) is 16.4. The van der Waals surface area contributed by atoms with Gasteiger partial charge in [0.05, 0.1) is 10.9 Å². The Labute approximate surface area is 128 Å². The van der Waals surface area contributed by atoms with Crippen LogP contribution in [0.15, 0.2) is 31.1 Å². The molecule has 6 nitrogen and oxygen atoms in total. The van der Waals surface area contributed by atoms with Crippen LogP contribution in [-0.4, -0.2) is 25.5 Å². The van der Waals surface area contributed by atoms with E-state index in [0.29, 0.717) is 8.95 Å². The van der Waals surface area contributed by atoms with Crippen LogP contribution in [0.25, 0.3) is 0 Å². The normalized spacial score (nSPS) is 14.4. The third-order valence-corrected chi connectivity index (χ3v) is 5.75. The van der Waals surface area contributed by atoms with E-state index in [1.807, 2.05) is 6.92 Å². The highest BCUT2D eigenvalue weighted by molar-refractivity contribution is 9.11. The molecule has 1 aromatic rings. The zero-order valence-electron chi connectivity index (χ0n) is 10.2. The minimum Gasteiger partial charge on any atom is -0.409 e. The van der Waals surface area contributed by atoms with Gasteiger partial charge in [-0.3, -0.25) is 0 Å². The zero-order valence-corrected chi connectivity index (χ0v) is 14.2. The molecule has 0 aromatic heterocycles. The highest BCUT2D eigenvalue weighted by Gasteiger charge is 2.23. The lowest BCUT2D eigenvalue weighted by molar-refractivity contribution is 0.316. The summed E-state index contributed by atoms with van der Waals surface area (Å²) in [6, 6.07) is 2.36. The van der Waals surface area contributed by atoms with Crippen LogP contribution in [-0.2, 0) is 10.0 Å². The van der Waals surface area contributed by atoms with Crippen LogP contribution in [0, 0.1) is 6.92 Å². The quantitative estimate of drug-likeness (QED) is 0.303. The molecule has 0 aliphatic carbocycles. The fraction of sp³-hybridized carbons (Fsp3) is 0.300. The monoisotopic (exact) mass is 413 g/mol. The molecule has 19 heavy (non-hydrogen) atoms. The Hall–Kier alpha value is -0.640. The highest BCUT2D eigenvalue weighted by Crippen LogP contribution is 2.28. The van der Waals surface area contributed by atoms with Crippen molar-refractivity contribution in [1.82, 2.24) is 4.72 Å². The summed E-state index contributed by atoms with van der Waals surface area (Å²) < 4.78 is 27.8. The maximum Gasteiger partial charge on any atom is 0.242 e. The molecule has 0 radical (unpaired) electrons. The van der Waals surface area contributed by atoms with Gasteiger partial charge in [0.1, 0.15) is 0 Å². The number of oxime groups is 1. The number of amidine groups is 1. The van der Waals surface area contributed by atoms with Crippen molar-refractivity contribution in [3.8, 4) is 0 Å². The molecule has 1 unspecified atom stereocenters. The van der Waals surface area contributed by atoms with E-state index in [1.165, 1.54) is 13.0 Å². The third-order valence-electron chi connectivity index (χ3n) is 2.39. The average Bonchev–Trinajstić information content (AvgIpc) is 2.31. The molecule has 9 heteroatoms. The van der Waals surface area contributed by atoms with Crippen LogP contribution < -0.4 is 10.5 Å². The highest BCUT2D eigenvalue weighted by atomic mass is 79.9. The number of hydrogen-bond donors (Lipinski definition) is 3. The zero-order chi connectivity index (χ0) is 14.8. The summed E-state index contributed by atoms with van der Waals surface area (Å²) in [6.45, 7) is 3.32. The van der Waals surface area contributed by atoms with Crippen molar-refractivity contribution in [1.29, 1.82) is 0 Å². The summed E-state index contributed by atoms with van der Waals surface area (Å²) >= 11 is 6.49. The topological polar surface area (TPSA) is 105 Å². The van der Waals surface area contributed by atoms with Crippen LogP contribution in [0.4, 0.5) is 0 Å². The molecule has 0 bridgehead atoms. The minimum absolute atomic E-state index is 0.0718. The summed E-state index contributed by atoms with van der Waals surface area (Å²) in [6.07, 6.45) is 0. The summed E-state index contributed by atoms with van der Waals surface area (Å²) in [4.78, 5) is 0.0718. The SMILES string of the molecule is Cc1cc(Br)c(S(=O)(=O)NC(C)/C(N)=N/O)cc1Br. The number of sulfonamides is 1. The van der Waals surface area contributed by atoms with Crippen molar-refractivity contribution < 1.29 is 13.6 Å². The molecule has 1 atom stereocenters. The van der Waals surface area contributed by atoms with Gasteiger partial charge in [0.25, 0.3) is 0 Å². The second-order valence-corrected chi connectivity index (χ2v) is 7.29. The summed E-state index contributed by atoms with van der Waals surface area (Å²) in [5.74, 6) is -0.217. The predicted molar refractivity (Wildman–Crippen MR) is 79.8 cm³/mol. The Morgan fingerprint density at radius 2 is 2.00 bits per heavy atom. The third kappa shape index (κ3) is 3.91. The lowest BCUT2D eigenvalue weighted by atomic mass is 10.2. The smallest absolute Gasteiger partial charge is 0.242 e. The van der Waals surface area contributed by atoms with Gasteiger partial charge < -0.3 is 10.9 Å². The number of nitrogens with two attached hydrogens (primary N) is 1. The molecule has 0 aliphatic rings. The van der Waals surface area contributed by atoms with Crippen molar-refractivity contribution in [3.63, 3.8) is 0 Å². The second-order valence-electron chi connectivity index (χ2n) is 3.90. The number of benzene rings is 1. The molecule has 0 amide bonds. The van der Waals surface area contributed by atoms with Crippen LogP contribution in [0.3, 0.4) is 0 Å². The summed E-state index contributed by atoms with van der Waals surface area (Å²) in [5, 5.41) is 11.3. The first-order valence-corrected chi connectivity index (χ1v) is 8.21. The molecule has 0 saturated heterocycles. The van der Waals surface area contributed by atoms with E-state index in [9.17, 15) is 8.42 Å². The molecule has 1 rings (SSSR count). The Morgan fingerprint density at radius 1 is 1.42 bits per heavy atom. The van der Waals surface area contributed by atoms with Gasteiger partial charge in [-0.25, -0.2) is 13.1 Å². The molecule has 0 aliphatic heterocycles. The maximum absolute atomic E-state index is 12.2. The molecule has 1 aromatic carbocycles. The van der Waals surface area contributed by atoms with Crippen LogP contribution >= 0.6 is 31.9 Å². The Bertz CT molecular complexity index is 617. The van der Waals surface area contributed by atoms with E-state index in [2.05, 4.69) is 41.7 Å². The first-order chi connectivity index (χ1) is 8.69. The predicted octanol–water partition coefficient (Wildman–Crippen LogP) is 1.93. The molecular formula is C10H13Br2N3O3S. The Balaban J connectivity index is 3.18. The van der Waals surface area contributed by atoms with Gasteiger partial charge in [0, 0.05) is 8.95 Å². The molecule has 0 fully saturated rings. The average molecular weight is 415 g/mol. The summed E-state index contributed by atoms with van der Waals surface area (Å²) in [5.41, 5.74) is 6.24. The van der Waals surface area contributed by atoms with Crippen molar-refractivity contribution in [2.75, 3.05) is 0 Å². The van der Waals surface area contributed by atoms with E-state index in [-0.39, 0.29) is 10.7 Å². The first-order valence-electron chi connectivity index (χ1n) is 5.14. The number of hydrogen-bond acceptors (Lipinski definition) is 4. The van der Waals surface area contributed by atoms with E-state index in [1.54, 1.807) is 6.07 Å². The van der Waals surface area contributed by atoms with Gasteiger partial charge in [-0.1, -0.05) is 21.1 Å². The lowest BCUT2D eigenvalue weighted by Crippen LogP contribution is -2.42. The summed E-state index contributed by atoms with van der Waals surface area (Å²) in [7, 11) is -3.78. The lowest BCUT2D eigenvalue weighted by Gasteiger charge is -2.14. The molecule has 4 N–H and O–H groups in total. The maximum atomic E-state index is 12.2. The molecule has 0 heterocycles. The number of aryl methyl sites for hydroxylation is 1. The molecule has 0 spiro atoms. The number of nitrogens with one attached hydrogen (secondary N) is 1. The van der Waals surface area contributed by atoms with E-state index < -0.39 is 16.1 Å². The van der Waals surface area contributed by atoms with Gasteiger partial charge in [-0.15, -0.1) is 0 Å². The van der Waals surface area contributed by atoms with Crippen molar-refractivity contribution in [3.05, 3.63) is 26.6 Å². The van der Waals surface area contributed by atoms with E-state index in [4.69, 9.17) is 10.9 Å². The molecule has 0 saturated carbocycles. The van der Waals surface area contributed by atoms with Gasteiger partial charge in [0.15, 0.2) is 5.84 Å². The second kappa shape index (κ2) is 6.21. The Kier molecular flexibility index (Phi) is 5.36. The fourth-order valence-electron chi connectivity index (χ4n) is 1.28. The Morgan fingerprint density at radius 3 is 2.53 bits per heavy atom. The van der Waals surface area contributed by atoms with Crippen molar-refractivity contribution in [2.24, 2.45) is 10.9 Å². The standard InChI is InChI=1S/C10H13Br2N3O3S/c1-5-3-8(12)9(4-7(5)11)19(17,18)15-6(2)10(13)14-16/h3-4,6,15-16H,1-2H3,(H2,13,14).